The van der Waals surface area contributed by atoms with Crippen molar-refractivity contribution in [1.29, 1.82) is 0 Å². The Morgan fingerprint density at radius 1 is 0.483 bits per heavy atom. The molecule has 89 heavy (non-hydrogen) atoms. The van der Waals surface area contributed by atoms with E-state index in [-0.39, 0.29) is 82.0 Å². The summed E-state index contributed by atoms with van der Waals surface area (Å²) in [7, 11) is 2.99. The number of nitrogens with zero attached hydrogens (tertiary/aromatic N) is 2. The summed E-state index contributed by atoms with van der Waals surface area (Å²) < 4.78 is 61.4. The summed E-state index contributed by atoms with van der Waals surface area (Å²) in [6.45, 7) is 0.573. The maximum Gasteiger partial charge on any atom is 2.00 e. The van der Waals surface area contributed by atoms with Gasteiger partial charge in [-0.15, -0.1) is 0 Å². The van der Waals surface area contributed by atoms with E-state index >= 15 is 0 Å². The summed E-state index contributed by atoms with van der Waals surface area (Å²) in [5.74, 6) is -1.98. The van der Waals surface area contributed by atoms with Gasteiger partial charge in [0.15, 0.2) is 23.0 Å². The predicted octanol–water partition coefficient (Wildman–Crippen LogP) is 10.6. The first-order valence-electron chi connectivity index (χ1n) is 27.7. The molecule has 0 unspecified atom stereocenters. The number of aromatic nitrogens is 2. The number of rotatable bonds is 26. The molecule has 6 aromatic carbocycles. The SMILES string of the molecule is COc1cc2c(Oc3cccc(NC(=O)C4(C(=O)Nc5ccc(F)cc5)CC4)c3Cl)ccnc2cc1OCCCCC(=O)[O-].COc1cc2c(Oc3cccc(NC(=O)C4(C(=O)Nc5ccc(F)cc5)CC4)c3Cl)ccnc2cc1OCCCCC(=O)[O-].[Mg+2]. The number of hydrogen-bond donors (Lipinski definition) is 4. The van der Waals surface area contributed by atoms with Gasteiger partial charge in [-0.1, -0.05) is 35.3 Å². The van der Waals surface area contributed by atoms with Crippen LogP contribution in [0.5, 0.6) is 46.0 Å². The first-order chi connectivity index (χ1) is 42.4. The number of hydrogen-bond acceptors (Lipinski definition) is 16. The molecule has 0 saturated heterocycles. The van der Waals surface area contributed by atoms with Crippen molar-refractivity contribution in [1.82, 2.24) is 9.97 Å². The van der Waals surface area contributed by atoms with Gasteiger partial charge in [-0.25, -0.2) is 8.78 Å². The van der Waals surface area contributed by atoms with Gasteiger partial charge in [0.1, 0.15) is 55.5 Å². The minimum Gasteiger partial charge on any atom is -0.550 e. The van der Waals surface area contributed by atoms with Gasteiger partial charge in [0.05, 0.1) is 49.8 Å². The molecule has 0 radical (unpaired) electrons. The fraction of sp³-hybridized carbons (Fsp3) is 0.250. The van der Waals surface area contributed by atoms with Crippen LogP contribution in [0.1, 0.15) is 64.2 Å². The second kappa shape index (κ2) is 29.8. The Labute approximate surface area is 534 Å². The Morgan fingerprint density at radius 2 is 0.854 bits per heavy atom. The second-order valence-corrected chi connectivity index (χ2v) is 21.2. The molecule has 4 amide bonds. The fourth-order valence-electron chi connectivity index (χ4n) is 9.11. The Balaban J connectivity index is 0.000000228. The quantitative estimate of drug-likeness (QED) is 0.0223. The van der Waals surface area contributed by atoms with Gasteiger partial charge >= 0.3 is 23.1 Å². The van der Waals surface area contributed by atoms with Gasteiger partial charge < -0.3 is 69.5 Å². The van der Waals surface area contributed by atoms with Crippen molar-refractivity contribution in [3.05, 3.63) is 155 Å². The molecule has 2 aliphatic rings. The minimum absolute atomic E-state index is 0. The summed E-state index contributed by atoms with van der Waals surface area (Å²) >= 11 is 13.3. The third-order valence-corrected chi connectivity index (χ3v) is 15.1. The molecule has 2 aromatic heterocycles. The monoisotopic (exact) mass is 1260 g/mol. The van der Waals surface area contributed by atoms with Crippen LogP contribution in [0.4, 0.5) is 31.5 Å². The van der Waals surface area contributed by atoms with Crippen molar-refractivity contribution in [2.24, 2.45) is 10.8 Å². The van der Waals surface area contributed by atoms with Crippen LogP contribution >= 0.6 is 23.2 Å². The first-order valence-corrected chi connectivity index (χ1v) is 28.4. The number of nitrogens with one attached hydrogen (secondary N) is 4. The molecule has 0 bridgehead atoms. The van der Waals surface area contributed by atoms with Crippen LogP contribution < -0.4 is 59.9 Å². The van der Waals surface area contributed by atoms with E-state index in [1.807, 2.05) is 0 Å². The van der Waals surface area contributed by atoms with Gasteiger partial charge in [-0.05, 0) is 161 Å². The Morgan fingerprint density at radius 3 is 1.20 bits per heavy atom. The Hall–Kier alpha value is -9.03. The molecule has 0 spiro atoms. The van der Waals surface area contributed by atoms with Crippen LogP contribution in [0.15, 0.2) is 134 Å². The number of carbonyl (C=O) groups is 6. The average molecular weight is 1270 g/mol. The summed E-state index contributed by atoms with van der Waals surface area (Å²) in [5, 5.41) is 33.6. The summed E-state index contributed by atoms with van der Waals surface area (Å²) in [6, 6.07) is 30.5. The van der Waals surface area contributed by atoms with Crippen molar-refractivity contribution < 1.29 is 76.2 Å². The van der Waals surface area contributed by atoms with Gasteiger partial charge in [0.2, 0.25) is 23.6 Å². The van der Waals surface area contributed by atoms with E-state index < -0.39 is 58.0 Å². The smallest absolute Gasteiger partial charge is 0.550 e. The Bertz CT molecular complexity index is 3680. The van der Waals surface area contributed by atoms with Gasteiger partial charge in [-0.3, -0.25) is 29.1 Å². The number of methoxy groups -OCH3 is 2. The molecule has 25 heteroatoms. The van der Waals surface area contributed by atoms with Crippen molar-refractivity contribution >= 4 is 126 Å². The number of carboxylic acid groups (broad SMARTS) is 2. The number of aliphatic carboxylic acids is 2. The van der Waals surface area contributed by atoms with Crippen LogP contribution in [0.2, 0.25) is 10.0 Å². The molecule has 2 aliphatic carbocycles. The zero-order valence-electron chi connectivity index (χ0n) is 48.0. The number of pyridine rings is 2. The van der Waals surface area contributed by atoms with Crippen LogP contribution in [0.25, 0.3) is 21.8 Å². The molecular formula is C64H56Cl2F2MgN6O14. The van der Waals surface area contributed by atoms with E-state index in [1.54, 1.807) is 85.2 Å². The van der Waals surface area contributed by atoms with E-state index in [0.29, 0.717) is 119 Å². The zero-order chi connectivity index (χ0) is 62.5. The molecule has 10 rings (SSSR count). The fourth-order valence-corrected chi connectivity index (χ4v) is 9.54. The van der Waals surface area contributed by atoms with E-state index in [4.69, 9.17) is 51.6 Å². The number of benzene rings is 6. The van der Waals surface area contributed by atoms with Crippen molar-refractivity contribution in [2.75, 3.05) is 48.7 Å². The molecule has 0 atom stereocenters. The third kappa shape index (κ3) is 16.4. The average Bonchev–Trinajstić information content (AvgIpc) is 1.83. The molecule has 456 valence electrons. The van der Waals surface area contributed by atoms with Gasteiger partial charge in [0, 0.05) is 58.6 Å². The molecule has 8 aromatic rings. The molecular weight excluding hydrogens is 1210 g/mol. The molecule has 4 N–H and O–H groups in total. The number of ether oxygens (including phenoxy) is 6. The standard InChI is InChI=1S/2C32H29ClFN3O7.Mg/c2*1-42-26-17-21-23(18-27(26)43-16-3-2-7-28(38)39)35-15-12-24(21)44-25-6-4-5-22(29(25)33)37-31(41)32(13-14-32)30(40)36-20-10-8-19(34)9-11-20;/h2*4-6,8-12,15,17-18H,2-3,7,13-14,16H2,1H3,(H,36,40)(H,37,41)(H,38,39);/q;;+2/p-2. The summed E-state index contributed by atoms with van der Waals surface area (Å²) in [4.78, 5) is 82.4. The molecule has 0 aliphatic heterocycles. The topological polar surface area (TPSA) is 278 Å². The summed E-state index contributed by atoms with van der Waals surface area (Å²) in [6.07, 6.45) is 6.38. The normalized spacial score (nSPS) is 13.0. The number of anilines is 4. The molecule has 20 nitrogen and oxygen atoms in total. The van der Waals surface area contributed by atoms with Crippen LogP contribution in [0, 0.1) is 22.5 Å². The van der Waals surface area contributed by atoms with Crippen LogP contribution in [-0.4, -0.2) is 96.0 Å². The first kappa shape index (κ1) is 65.9. The number of carbonyl (C=O) groups excluding carboxylic acids is 6. The Kier molecular flexibility index (Phi) is 22.1. The zero-order valence-corrected chi connectivity index (χ0v) is 50.9. The van der Waals surface area contributed by atoms with Crippen molar-refractivity contribution in [3.8, 4) is 46.0 Å². The number of halogens is 4. The number of carboxylic acids is 2. The maximum atomic E-state index is 13.2. The predicted molar refractivity (Wildman–Crippen MR) is 325 cm³/mol. The number of fused-ring (bicyclic) bond motifs is 2. The maximum absolute atomic E-state index is 13.2. The van der Waals surface area contributed by atoms with E-state index in [2.05, 4.69) is 31.2 Å². The number of amides is 4. The summed E-state index contributed by atoms with van der Waals surface area (Å²) in [5.41, 5.74) is -0.123. The van der Waals surface area contributed by atoms with Crippen LogP contribution in [-0.2, 0) is 28.8 Å². The van der Waals surface area contributed by atoms with Crippen molar-refractivity contribution in [3.63, 3.8) is 0 Å². The van der Waals surface area contributed by atoms with Gasteiger partial charge in [0.25, 0.3) is 0 Å². The second-order valence-electron chi connectivity index (χ2n) is 20.4. The van der Waals surface area contributed by atoms with Crippen LogP contribution in [0.3, 0.4) is 0 Å². The van der Waals surface area contributed by atoms with Crippen molar-refractivity contribution in [2.45, 2.75) is 64.2 Å². The van der Waals surface area contributed by atoms with E-state index in [0.717, 1.165) is 0 Å². The third-order valence-electron chi connectivity index (χ3n) is 14.3. The molecule has 2 heterocycles. The van der Waals surface area contributed by atoms with Gasteiger partial charge in [-0.2, -0.15) is 0 Å². The largest absolute Gasteiger partial charge is 2.00 e. The van der Waals surface area contributed by atoms with E-state index in [1.165, 1.54) is 62.8 Å². The number of unbranched alkanes of at least 4 members (excludes halogenated alkanes) is 2. The molecule has 2 fully saturated rings. The van der Waals surface area contributed by atoms with E-state index in [9.17, 15) is 47.8 Å². The minimum atomic E-state index is -1.26. The molecule has 2 saturated carbocycles.